The number of anilines is 1. The van der Waals surface area contributed by atoms with Gasteiger partial charge < -0.3 is 5.32 Å². The third-order valence-corrected chi connectivity index (χ3v) is 6.59. The Kier molecular flexibility index (Phi) is 6.55. The lowest BCUT2D eigenvalue weighted by Crippen LogP contribution is -2.37. The molecule has 4 rings (SSSR count). The average molecular weight is 421 g/mol. The Hall–Kier alpha value is -2.57. The number of nitrogens with one attached hydrogen (secondary N) is 1. The summed E-state index contributed by atoms with van der Waals surface area (Å²) in [4.78, 5) is 15.2. The molecule has 0 atom stereocenters. The monoisotopic (exact) mass is 420 g/mol. The molecule has 2 heterocycles. The number of hydrogen-bond acceptors (Lipinski definition) is 5. The van der Waals surface area contributed by atoms with Gasteiger partial charge in [0.1, 0.15) is 10.0 Å². The van der Waals surface area contributed by atoms with E-state index in [4.69, 9.17) is 0 Å². The van der Waals surface area contributed by atoms with Crippen molar-refractivity contribution in [1.29, 1.82) is 0 Å². The molecule has 0 bridgehead atoms. The van der Waals surface area contributed by atoms with Gasteiger partial charge in [-0.25, -0.2) is 0 Å². The number of amides is 1. The van der Waals surface area contributed by atoms with Crippen LogP contribution < -0.4 is 5.32 Å². The SMILES string of the molecule is CCc1ccc(CN2CCC(C(=O)Nc3cccc(-c4nnc(C)s4)c3)CC2)cc1. The number of rotatable bonds is 6. The van der Waals surface area contributed by atoms with Gasteiger partial charge >= 0.3 is 0 Å². The molecule has 156 valence electrons. The first kappa shape index (κ1) is 20.7. The van der Waals surface area contributed by atoms with Gasteiger partial charge in [-0.2, -0.15) is 0 Å². The highest BCUT2D eigenvalue weighted by Gasteiger charge is 2.25. The molecule has 1 aliphatic rings. The number of piperidine rings is 1. The van der Waals surface area contributed by atoms with E-state index in [2.05, 4.69) is 51.6 Å². The number of hydrogen-bond donors (Lipinski definition) is 1. The largest absolute Gasteiger partial charge is 0.326 e. The summed E-state index contributed by atoms with van der Waals surface area (Å²) in [5.74, 6) is 0.184. The molecule has 1 aliphatic heterocycles. The van der Waals surface area contributed by atoms with Crippen LogP contribution in [0.15, 0.2) is 48.5 Å². The van der Waals surface area contributed by atoms with Crippen molar-refractivity contribution in [1.82, 2.24) is 15.1 Å². The molecule has 0 saturated carbocycles. The second-order valence-corrected chi connectivity index (χ2v) is 9.10. The molecule has 0 spiro atoms. The maximum Gasteiger partial charge on any atom is 0.227 e. The molecule has 1 saturated heterocycles. The third-order valence-electron chi connectivity index (χ3n) is 5.70. The summed E-state index contributed by atoms with van der Waals surface area (Å²) in [5, 5.41) is 13.2. The maximum atomic E-state index is 12.8. The lowest BCUT2D eigenvalue weighted by molar-refractivity contribution is -0.121. The molecule has 1 aromatic heterocycles. The predicted octanol–water partition coefficient (Wildman–Crippen LogP) is 4.93. The van der Waals surface area contributed by atoms with E-state index >= 15 is 0 Å². The Labute approximate surface area is 182 Å². The number of carbonyl (C=O) groups excluding carboxylic acids is 1. The molecular weight excluding hydrogens is 392 g/mol. The van der Waals surface area contributed by atoms with Crippen LogP contribution in [0.3, 0.4) is 0 Å². The standard InChI is InChI=1S/C24H28N4OS/c1-3-18-7-9-19(10-8-18)16-28-13-11-20(12-14-28)23(29)25-22-6-4-5-21(15-22)24-27-26-17(2)30-24/h4-10,15,20H,3,11-14,16H2,1-2H3,(H,25,29). The lowest BCUT2D eigenvalue weighted by atomic mass is 9.95. The topological polar surface area (TPSA) is 58.1 Å². The number of aryl methyl sites for hydroxylation is 2. The normalized spacial score (nSPS) is 15.3. The highest BCUT2D eigenvalue weighted by molar-refractivity contribution is 7.14. The van der Waals surface area contributed by atoms with Crippen molar-refractivity contribution in [3.63, 3.8) is 0 Å². The van der Waals surface area contributed by atoms with Gasteiger partial charge in [-0.1, -0.05) is 54.7 Å². The summed E-state index contributed by atoms with van der Waals surface area (Å²) in [6, 6.07) is 16.8. The van der Waals surface area contributed by atoms with Gasteiger partial charge in [0.05, 0.1) is 0 Å². The molecule has 1 amide bonds. The average Bonchev–Trinajstić information content (AvgIpc) is 3.21. The number of nitrogens with zero attached hydrogens (tertiary/aromatic N) is 3. The minimum Gasteiger partial charge on any atom is -0.326 e. The summed E-state index contributed by atoms with van der Waals surface area (Å²) in [5.41, 5.74) is 4.53. The van der Waals surface area contributed by atoms with E-state index in [0.29, 0.717) is 0 Å². The van der Waals surface area contributed by atoms with E-state index in [9.17, 15) is 4.79 Å². The smallest absolute Gasteiger partial charge is 0.227 e. The Morgan fingerprint density at radius 2 is 1.83 bits per heavy atom. The van der Waals surface area contributed by atoms with Gasteiger partial charge in [-0.15, -0.1) is 10.2 Å². The second-order valence-electron chi connectivity index (χ2n) is 7.92. The van der Waals surface area contributed by atoms with E-state index in [-0.39, 0.29) is 11.8 Å². The summed E-state index contributed by atoms with van der Waals surface area (Å²) >= 11 is 1.56. The van der Waals surface area contributed by atoms with Crippen LogP contribution in [0.5, 0.6) is 0 Å². The molecule has 3 aromatic rings. The van der Waals surface area contributed by atoms with Gasteiger partial charge in [0.2, 0.25) is 5.91 Å². The Morgan fingerprint density at radius 1 is 1.10 bits per heavy atom. The van der Waals surface area contributed by atoms with E-state index in [1.54, 1.807) is 11.3 Å². The van der Waals surface area contributed by atoms with Gasteiger partial charge in [0, 0.05) is 23.7 Å². The minimum absolute atomic E-state index is 0.0659. The molecule has 0 aliphatic carbocycles. The van der Waals surface area contributed by atoms with Crippen LogP contribution in [0.1, 0.15) is 35.9 Å². The number of benzene rings is 2. The van der Waals surface area contributed by atoms with Crippen molar-refractivity contribution < 1.29 is 4.79 Å². The highest BCUT2D eigenvalue weighted by atomic mass is 32.1. The zero-order chi connectivity index (χ0) is 20.9. The first-order chi connectivity index (χ1) is 14.6. The Balaban J connectivity index is 1.30. The number of carbonyl (C=O) groups is 1. The van der Waals surface area contributed by atoms with Crippen molar-refractivity contribution in [2.24, 2.45) is 5.92 Å². The summed E-state index contributed by atoms with van der Waals surface area (Å²) in [6.07, 6.45) is 2.87. The van der Waals surface area contributed by atoms with Crippen LogP contribution >= 0.6 is 11.3 Å². The van der Waals surface area contributed by atoms with Crippen molar-refractivity contribution in [2.45, 2.75) is 39.7 Å². The van der Waals surface area contributed by atoms with Crippen molar-refractivity contribution in [3.05, 3.63) is 64.7 Å². The molecule has 0 radical (unpaired) electrons. The van der Waals surface area contributed by atoms with Crippen molar-refractivity contribution >= 4 is 22.9 Å². The summed E-state index contributed by atoms with van der Waals surface area (Å²) < 4.78 is 0. The molecule has 5 nitrogen and oxygen atoms in total. The highest BCUT2D eigenvalue weighted by Crippen LogP contribution is 2.26. The minimum atomic E-state index is 0.0659. The predicted molar refractivity (Wildman–Crippen MR) is 123 cm³/mol. The van der Waals surface area contributed by atoms with Crippen LogP contribution in [0.2, 0.25) is 0 Å². The Morgan fingerprint density at radius 3 is 2.50 bits per heavy atom. The number of likely N-dealkylation sites (tertiary alicyclic amines) is 1. The lowest BCUT2D eigenvalue weighted by Gasteiger charge is -2.31. The van der Waals surface area contributed by atoms with Crippen LogP contribution in [0.25, 0.3) is 10.6 Å². The summed E-state index contributed by atoms with van der Waals surface area (Å²) in [6.45, 7) is 6.99. The first-order valence-electron chi connectivity index (χ1n) is 10.6. The third kappa shape index (κ3) is 5.12. The molecule has 1 N–H and O–H groups in total. The fourth-order valence-electron chi connectivity index (χ4n) is 3.88. The van der Waals surface area contributed by atoms with Gasteiger partial charge in [0.15, 0.2) is 0 Å². The zero-order valence-corrected chi connectivity index (χ0v) is 18.4. The first-order valence-corrected chi connectivity index (χ1v) is 11.4. The number of aromatic nitrogens is 2. The second kappa shape index (κ2) is 9.49. The maximum absolute atomic E-state index is 12.8. The van der Waals surface area contributed by atoms with Crippen molar-refractivity contribution in [3.8, 4) is 10.6 Å². The van der Waals surface area contributed by atoms with E-state index < -0.39 is 0 Å². The van der Waals surface area contributed by atoms with E-state index in [0.717, 1.165) is 60.2 Å². The zero-order valence-electron chi connectivity index (χ0n) is 17.6. The van der Waals surface area contributed by atoms with Gasteiger partial charge in [0.25, 0.3) is 0 Å². The van der Waals surface area contributed by atoms with E-state index in [1.165, 1.54) is 11.1 Å². The molecule has 1 fully saturated rings. The van der Waals surface area contributed by atoms with Gasteiger partial charge in [-0.3, -0.25) is 9.69 Å². The molecular formula is C24H28N4OS. The fraction of sp³-hybridized carbons (Fsp3) is 0.375. The van der Waals surface area contributed by atoms with Crippen LogP contribution in [0.4, 0.5) is 5.69 Å². The quantitative estimate of drug-likeness (QED) is 0.614. The summed E-state index contributed by atoms with van der Waals surface area (Å²) in [7, 11) is 0. The molecule has 6 heteroatoms. The van der Waals surface area contributed by atoms with Crippen molar-refractivity contribution in [2.75, 3.05) is 18.4 Å². The Bertz CT molecular complexity index is 990. The van der Waals surface area contributed by atoms with Crippen LogP contribution in [-0.4, -0.2) is 34.1 Å². The molecule has 2 aromatic carbocycles. The van der Waals surface area contributed by atoms with Crippen LogP contribution in [0, 0.1) is 12.8 Å². The fourth-order valence-corrected chi connectivity index (χ4v) is 4.57. The van der Waals surface area contributed by atoms with Gasteiger partial charge in [-0.05, 0) is 62.5 Å². The molecule has 30 heavy (non-hydrogen) atoms. The van der Waals surface area contributed by atoms with E-state index in [1.807, 2.05) is 31.2 Å². The van der Waals surface area contributed by atoms with Crippen LogP contribution in [-0.2, 0) is 17.8 Å². The molecule has 0 unspecified atom stereocenters.